The molecule has 8 rings (SSSR count). The molecule has 0 bridgehead atoms. The lowest BCUT2D eigenvalue weighted by Crippen LogP contribution is -2.35. The Hall–Kier alpha value is -6.06. The minimum absolute atomic E-state index is 0. The highest BCUT2D eigenvalue weighted by atomic mass is 32.2. The van der Waals surface area contributed by atoms with Gasteiger partial charge in [-0.15, -0.1) is 0 Å². The van der Waals surface area contributed by atoms with E-state index >= 15 is 0 Å². The number of aromatic nitrogens is 2. The van der Waals surface area contributed by atoms with Crippen LogP contribution in [0.1, 0.15) is 63.7 Å². The van der Waals surface area contributed by atoms with E-state index in [1.54, 1.807) is 48.5 Å². The maximum Gasteiger partial charge on any atom is 0.279 e. The first-order valence-electron chi connectivity index (χ1n) is 19.0. The molecule has 0 atom stereocenters. The largest absolute Gasteiger partial charge is 0.412 e. The number of amides is 4. The summed E-state index contributed by atoms with van der Waals surface area (Å²) in [6.45, 7) is 0.881. The SMILES string of the molecule is CN(C)S(=O)(=O)NCc1ccc2[nH]cc(CCN3C(=O)c4ccccc4C3=O)c2c1.CN(C)S(=O)(=O)NCc1ccc2[nH]cc(CCN3C(=O)c4ccccc4C3=O)c2c1.O. The van der Waals surface area contributed by atoms with E-state index in [-0.39, 0.29) is 55.3 Å². The van der Waals surface area contributed by atoms with Crippen LogP contribution in [0.3, 0.4) is 0 Å². The van der Waals surface area contributed by atoms with E-state index in [4.69, 9.17) is 0 Å². The summed E-state index contributed by atoms with van der Waals surface area (Å²) in [5.74, 6) is -1.08. The molecule has 320 valence electrons. The Kier molecular flexibility index (Phi) is 13.0. The van der Waals surface area contributed by atoms with Crippen molar-refractivity contribution in [3.05, 3.63) is 142 Å². The first-order valence-corrected chi connectivity index (χ1v) is 21.9. The van der Waals surface area contributed by atoms with Gasteiger partial charge in [0.15, 0.2) is 0 Å². The molecule has 4 amide bonds. The van der Waals surface area contributed by atoms with Crippen LogP contribution in [0.5, 0.6) is 0 Å². The zero-order valence-electron chi connectivity index (χ0n) is 33.9. The molecule has 2 aromatic heterocycles. The summed E-state index contributed by atoms with van der Waals surface area (Å²) in [5, 5.41) is 1.88. The van der Waals surface area contributed by atoms with E-state index in [0.29, 0.717) is 35.1 Å². The van der Waals surface area contributed by atoms with Gasteiger partial charge in [0.1, 0.15) is 0 Å². The Labute approximate surface area is 353 Å². The number of nitrogens with one attached hydrogen (secondary N) is 4. The molecule has 61 heavy (non-hydrogen) atoms. The maximum atomic E-state index is 12.5. The Bertz CT molecular complexity index is 2620. The summed E-state index contributed by atoms with van der Waals surface area (Å²) >= 11 is 0. The summed E-state index contributed by atoms with van der Waals surface area (Å²) in [4.78, 5) is 59.1. The molecule has 6 N–H and O–H groups in total. The second kappa shape index (κ2) is 17.9. The lowest BCUT2D eigenvalue weighted by Gasteiger charge is -2.14. The number of H-pyrrole nitrogens is 2. The van der Waals surface area contributed by atoms with Crippen LogP contribution >= 0.6 is 0 Å². The van der Waals surface area contributed by atoms with Gasteiger partial charge in [-0.25, -0.2) is 0 Å². The third kappa shape index (κ3) is 9.17. The van der Waals surface area contributed by atoms with Gasteiger partial charge >= 0.3 is 0 Å². The van der Waals surface area contributed by atoms with Crippen LogP contribution in [0.25, 0.3) is 21.8 Å². The van der Waals surface area contributed by atoms with Crippen LogP contribution in [0.15, 0.2) is 97.3 Å². The van der Waals surface area contributed by atoms with Crippen molar-refractivity contribution in [2.24, 2.45) is 0 Å². The van der Waals surface area contributed by atoms with Crippen molar-refractivity contribution < 1.29 is 41.5 Å². The zero-order chi connectivity index (χ0) is 42.9. The minimum atomic E-state index is -3.51. The smallest absolute Gasteiger partial charge is 0.279 e. The van der Waals surface area contributed by atoms with Crippen LogP contribution < -0.4 is 9.44 Å². The third-order valence-corrected chi connectivity index (χ3v) is 13.4. The van der Waals surface area contributed by atoms with Gasteiger partial charge in [-0.2, -0.15) is 34.9 Å². The van der Waals surface area contributed by atoms with Crippen molar-refractivity contribution in [2.45, 2.75) is 25.9 Å². The summed E-state index contributed by atoms with van der Waals surface area (Å²) in [7, 11) is -1.16. The second-order valence-corrected chi connectivity index (χ2v) is 18.7. The molecule has 0 spiro atoms. The molecular formula is C42H46N8O9S2. The van der Waals surface area contributed by atoms with Gasteiger partial charge in [0.05, 0.1) is 22.3 Å². The molecule has 19 heteroatoms. The zero-order valence-corrected chi connectivity index (χ0v) is 35.5. The normalized spacial score (nSPS) is 13.9. The molecule has 0 saturated carbocycles. The number of nitrogens with zero attached hydrogens (tertiary/aromatic N) is 4. The predicted octanol–water partition coefficient (Wildman–Crippen LogP) is 2.98. The van der Waals surface area contributed by atoms with Gasteiger partial charge in [0, 0.05) is 88.6 Å². The number of benzene rings is 4. The molecule has 17 nitrogen and oxygen atoms in total. The fourth-order valence-electron chi connectivity index (χ4n) is 7.04. The molecule has 2 aliphatic rings. The average molecular weight is 871 g/mol. The highest BCUT2D eigenvalue weighted by Crippen LogP contribution is 2.27. The number of hydrogen-bond acceptors (Lipinski definition) is 8. The lowest BCUT2D eigenvalue weighted by atomic mass is 10.1. The van der Waals surface area contributed by atoms with Crippen molar-refractivity contribution in [3.63, 3.8) is 0 Å². The van der Waals surface area contributed by atoms with Gasteiger partial charge in [0.25, 0.3) is 44.0 Å². The number of rotatable bonds is 14. The first kappa shape index (κ1) is 44.5. The Morgan fingerprint density at radius 2 is 0.852 bits per heavy atom. The summed E-state index contributed by atoms with van der Waals surface area (Å²) < 4.78 is 55.0. The van der Waals surface area contributed by atoms with Crippen molar-refractivity contribution in [1.29, 1.82) is 0 Å². The van der Waals surface area contributed by atoms with Gasteiger partial charge in [-0.3, -0.25) is 29.0 Å². The quantitative estimate of drug-likeness (QED) is 0.119. The molecule has 0 aliphatic carbocycles. The lowest BCUT2D eigenvalue weighted by molar-refractivity contribution is 0.0640. The fourth-order valence-corrected chi connectivity index (χ4v) is 8.26. The summed E-state index contributed by atoms with van der Waals surface area (Å²) in [5.41, 5.74) is 7.13. The number of hydrogen-bond donors (Lipinski definition) is 4. The van der Waals surface area contributed by atoms with Crippen LogP contribution in [-0.4, -0.2) is 116 Å². The first-order chi connectivity index (χ1) is 28.6. The van der Waals surface area contributed by atoms with Gasteiger partial charge in [-0.1, -0.05) is 36.4 Å². The van der Waals surface area contributed by atoms with Crippen molar-refractivity contribution in [3.8, 4) is 0 Å². The third-order valence-electron chi connectivity index (χ3n) is 10.5. The van der Waals surface area contributed by atoms with E-state index in [1.807, 2.05) is 48.8 Å². The highest BCUT2D eigenvalue weighted by Gasteiger charge is 2.36. The Balaban J connectivity index is 0.000000201. The standard InChI is InChI=1S/2C21H22N4O4S.H2O/c2*1-24(2)30(28,29)23-12-14-7-8-19-18(11-14)15(13-22-19)9-10-25-20(26)16-5-3-4-6-17(16)21(25)27;/h2*3-8,11,13,22-23H,9-10,12H2,1-2H3;1H2. The molecule has 0 fully saturated rings. The monoisotopic (exact) mass is 870 g/mol. The van der Waals surface area contributed by atoms with Crippen LogP contribution in [0.4, 0.5) is 0 Å². The molecule has 0 saturated heterocycles. The number of aromatic amines is 2. The summed E-state index contributed by atoms with van der Waals surface area (Å²) in [6, 6.07) is 25.0. The molecular weight excluding hydrogens is 825 g/mol. The molecule has 0 unspecified atom stereocenters. The number of carbonyl (C=O) groups is 4. The average Bonchev–Trinajstić information content (AvgIpc) is 3.96. The molecule has 0 radical (unpaired) electrons. The van der Waals surface area contributed by atoms with Gasteiger partial charge < -0.3 is 15.4 Å². The van der Waals surface area contributed by atoms with Gasteiger partial charge in [0.2, 0.25) is 0 Å². The van der Waals surface area contributed by atoms with Crippen LogP contribution in [-0.2, 0) is 46.3 Å². The van der Waals surface area contributed by atoms with Gasteiger partial charge in [-0.05, 0) is 83.6 Å². The summed E-state index contributed by atoms with van der Waals surface area (Å²) in [6.07, 6.45) is 4.71. The van der Waals surface area contributed by atoms with Crippen molar-refractivity contribution in [2.75, 3.05) is 41.3 Å². The predicted molar refractivity (Wildman–Crippen MR) is 230 cm³/mol. The van der Waals surface area contributed by atoms with Crippen LogP contribution in [0, 0.1) is 0 Å². The number of carbonyl (C=O) groups excluding carboxylic acids is 4. The van der Waals surface area contributed by atoms with E-state index < -0.39 is 20.4 Å². The Morgan fingerprint density at radius 3 is 1.16 bits per heavy atom. The Morgan fingerprint density at radius 1 is 0.525 bits per heavy atom. The van der Waals surface area contributed by atoms with E-state index in [1.165, 1.54) is 38.0 Å². The topological polar surface area (TPSA) is 237 Å². The van der Waals surface area contributed by atoms with Crippen molar-refractivity contribution in [1.82, 2.24) is 37.8 Å². The molecule has 6 aromatic rings. The maximum absolute atomic E-state index is 12.5. The highest BCUT2D eigenvalue weighted by molar-refractivity contribution is 7.87. The number of imide groups is 2. The second-order valence-electron chi connectivity index (χ2n) is 14.7. The molecule has 4 aromatic carbocycles. The van der Waals surface area contributed by atoms with E-state index in [0.717, 1.165) is 52.7 Å². The van der Waals surface area contributed by atoms with Crippen LogP contribution in [0.2, 0.25) is 0 Å². The van der Waals surface area contributed by atoms with E-state index in [9.17, 15) is 36.0 Å². The number of fused-ring (bicyclic) bond motifs is 4. The van der Waals surface area contributed by atoms with E-state index in [2.05, 4.69) is 19.4 Å². The molecule has 4 heterocycles. The fraction of sp³-hybridized carbons (Fsp3) is 0.238. The van der Waals surface area contributed by atoms with Crippen molar-refractivity contribution >= 4 is 65.9 Å². The minimum Gasteiger partial charge on any atom is -0.412 e. The molecule has 2 aliphatic heterocycles.